The third kappa shape index (κ3) is 4.99. The molecular formula is C12H16ClNO5S. The van der Waals surface area contributed by atoms with Gasteiger partial charge in [-0.1, -0.05) is 0 Å². The second-order valence-electron chi connectivity index (χ2n) is 4.41. The summed E-state index contributed by atoms with van der Waals surface area (Å²) in [5, 5.41) is 9.07. The Hall–Kier alpha value is -1.31. The lowest BCUT2D eigenvalue weighted by atomic mass is 10.2. The van der Waals surface area contributed by atoms with Crippen LogP contribution in [0.4, 0.5) is 0 Å². The van der Waals surface area contributed by atoms with E-state index in [1.807, 2.05) is 19.0 Å². The SMILES string of the molecule is CN(C)CCCOc1ccc(S(=O)(=O)Cl)cc1C(=O)O. The van der Waals surface area contributed by atoms with Gasteiger partial charge >= 0.3 is 5.97 Å². The molecule has 0 atom stereocenters. The summed E-state index contributed by atoms with van der Waals surface area (Å²) in [6.45, 7) is 1.14. The van der Waals surface area contributed by atoms with Gasteiger partial charge in [-0.25, -0.2) is 13.2 Å². The molecule has 0 fully saturated rings. The normalized spacial score (nSPS) is 11.6. The predicted octanol–water partition coefficient (Wildman–Crippen LogP) is 1.64. The van der Waals surface area contributed by atoms with Crippen molar-refractivity contribution in [3.8, 4) is 5.75 Å². The minimum absolute atomic E-state index is 0.125. The van der Waals surface area contributed by atoms with Crippen molar-refractivity contribution in [1.29, 1.82) is 0 Å². The molecule has 1 rings (SSSR count). The highest BCUT2D eigenvalue weighted by atomic mass is 35.7. The fourth-order valence-electron chi connectivity index (χ4n) is 1.52. The quantitative estimate of drug-likeness (QED) is 0.607. The summed E-state index contributed by atoms with van der Waals surface area (Å²) in [6, 6.07) is 3.51. The molecule has 0 aliphatic carbocycles. The molecule has 0 aromatic heterocycles. The highest BCUT2D eigenvalue weighted by Gasteiger charge is 2.17. The van der Waals surface area contributed by atoms with Crippen molar-refractivity contribution in [2.75, 3.05) is 27.2 Å². The molecule has 0 bridgehead atoms. The number of carbonyl (C=O) groups is 1. The van der Waals surface area contributed by atoms with Gasteiger partial charge in [0.25, 0.3) is 9.05 Å². The summed E-state index contributed by atoms with van der Waals surface area (Å²) < 4.78 is 27.7. The smallest absolute Gasteiger partial charge is 0.339 e. The number of halogens is 1. The minimum atomic E-state index is -3.97. The number of ether oxygens (including phenoxy) is 1. The van der Waals surface area contributed by atoms with Gasteiger partial charge in [-0.05, 0) is 38.7 Å². The van der Waals surface area contributed by atoms with Gasteiger partial charge in [-0.15, -0.1) is 0 Å². The third-order valence-electron chi connectivity index (χ3n) is 2.47. The molecule has 6 nitrogen and oxygen atoms in total. The van der Waals surface area contributed by atoms with Crippen LogP contribution in [0.2, 0.25) is 0 Å². The third-order valence-corrected chi connectivity index (χ3v) is 3.82. The van der Waals surface area contributed by atoms with Crippen LogP contribution >= 0.6 is 10.7 Å². The number of aromatic carboxylic acids is 1. The average molecular weight is 322 g/mol. The Morgan fingerprint density at radius 3 is 2.55 bits per heavy atom. The molecule has 1 aromatic rings. The van der Waals surface area contributed by atoms with Gasteiger partial charge in [0.2, 0.25) is 0 Å². The maximum Gasteiger partial charge on any atom is 0.339 e. The summed E-state index contributed by atoms with van der Waals surface area (Å²) >= 11 is 0. The lowest BCUT2D eigenvalue weighted by Crippen LogP contribution is -2.16. The first kappa shape index (κ1) is 16.7. The van der Waals surface area contributed by atoms with Gasteiger partial charge in [0.15, 0.2) is 0 Å². The second-order valence-corrected chi connectivity index (χ2v) is 6.97. The van der Waals surface area contributed by atoms with Gasteiger partial charge in [0.05, 0.1) is 11.5 Å². The Bertz CT molecular complexity index is 586. The van der Waals surface area contributed by atoms with Crippen LogP contribution in [0.1, 0.15) is 16.8 Å². The average Bonchev–Trinajstić information content (AvgIpc) is 2.33. The molecule has 0 saturated heterocycles. The Kier molecular flexibility index (Phi) is 5.79. The summed E-state index contributed by atoms with van der Waals surface area (Å²) in [5.41, 5.74) is -0.225. The molecule has 1 aromatic carbocycles. The molecular weight excluding hydrogens is 306 g/mol. The number of carboxylic acid groups (broad SMARTS) is 1. The number of rotatable bonds is 7. The Balaban J connectivity index is 2.89. The standard InChI is InChI=1S/C12H16ClNO5S/c1-14(2)6-3-7-19-11-5-4-9(20(13,17)18)8-10(11)12(15)16/h4-5,8H,3,6-7H2,1-2H3,(H,15,16). The minimum Gasteiger partial charge on any atom is -0.493 e. The highest BCUT2D eigenvalue weighted by Crippen LogP contribution is 2.24. The van der Waals surface area contributed by atoms with E-state index in [1.54, 1.807) is 0 Å². The van der Waals surface area contributed by atoms with Crippen molar-refractivity contribution in [1.82, 2.24) is 4.90 Å². The van der Waals surface area contributed by atoms with Crippen molar-refractivity contribution in [3.63, 3.8) is 0 Å². The van der Waals surface area contributed by atoms with Crippen molar-refractivity contribution < 1.29 is 23.1 Å². The highest BCUT2D eigenvalue weighted by molar-refractivity contribution is 8.13. The Labute approximate surface area is 122 Å². The maximum atomic E-state index is 11.2. The fourth-order valence-corrected chi connectivity index (χ4v) is 2.29. The van der Waals surface area contributed by atoms with Crippen LogP contribution in [-0.4, -0.2) is 51.6 Å². The van der Waals surface area contributed by atoms with Crippen molar-refractivity contribution in [3.05, 3.63) is 23.8 Å². The summed E-state index contributed by atoms with van der Waals surface area (Å²) in [5.74, 6) is -1.14. The zero-order chi connectivity index (χ0) is 15.3. The van der Waals surface area contributed by atoms with E-state index >= 15 is 0 Å². The number of hydrogen-bond acceptors (Lipinski definition) is 5. The summed E-state index contributed by atoms with van der Waals surface area (Å²) in [4.78, 5) is 12.8. The van der Waals surface area contributed by atoms with Crippen LogP contribution < -0.4 is 4.74 Å². The van der Waals surface area contributed by atoms with Crippen LogP contribution in [0.15, 0.2) is 23.1 Å². The molecule has 0 heterocycles. The van der Waals surface area contributed by atoms with Crippen LogP contribution in [0.5, 0.6) is 5.75 Å². The first-order valence-corrected chi connectivity index (χ1v) is 8.12. The van der Waals surface area contributed by atoms with E-state index in [-0.39, 0.29) is 16.2 Å². The second kappa shape index (κ2) is 6.92. The van der Waals surface area contributed by atoms with Gasteiger partial charge in [0, 0.05) is 17.2 Å². The topological polar surface area (TPSA) is 83.9 Å². The Morgan fingerprint density at radius 1 is 1.40 bits per heavy atom. The molecule has 0 saturated carbocycles. The monoisotopic (exact) mass is 321 g/mol. The van der Waals surface area contributed by atoms with E-state index in [9.17, 15) is 13.2 Å². The Morgan fingerprint density at radius 2 is 2.05 bits per heavy atom. The van der Waals surface area contributed by atoms with E-state index in [1.165, 1.54) is 12.1 Å². The van der Waals surface area contributed by atoms with Crippen molar-refractivity contribution in [2.45, 2.75) is 11.3 Å². The summed E-state index contributed by atoms with van der Waals surface area (Å²) in [6.07, 6.45) is 0.724. The molecule has 0 spiro atoms. The lowest BCUT2D eigenvalue weighted by Gasteiger charge is -2.12. The van der Waals surface area contributed by atoms with E-state index in [2.05, 4.69) is 0 Å². The number of hydrogen-bond donors (Lipinski definition) is 1. The first-order chi connectivity index (χ1) is 9.21. The van der Waals surface area contributed by atoms with E-state index in [0.29, 0.717) is 6.61 Å². The van der Waals surface area contributed by atoms with E-state index in [0.717, 1.165) is 19.0 Å². The zero-order valence-electron chi connectivity index (χ0n) is 11.2. The number of benzene rings is 1. The van der Waals surface area contributed by atoms with Gasteiger partial charge in [-0.3, -0.25) is 0 Å². The zero-order valence-corrected chi connectivity index (χ0v) is 12.7. The van der Waals surface area contributed by atoms with Crippen LogP contribution in [0, 0.1) is 0 Å². The van der Waals surface area contributed by atoms with Crippen molar-refractivity contribution >= 4 is 25.7 Å². The maximum absolute atomic E-state index is 11.2. The molecule has 8 heteroatoms. The lowest BCUT2D eigenvalue weighted by molar-refractivity contribution is 0.0691. The van der Waals surface area contributed by atoms with E-state index in [4.69, 9.17) is 20.5 Å². The predicted molar refractivity (Wildman–Crippen MR) is 75.1 cm³/mol. The molecule has 0 aliphatic heterocycles. The molecule has 0 unspecified atom stereocenters. The van der Waals surface area contributed by atoms with Crippen LogP contribution in [0.25, 0.3) is 0 Å². The summed E-state index contributed by atoms with van der Waals surface area (Å²) in [7, 11) is 5.06. The fraction of sp³-hybridized carbons (Fsp3) is 0.417. The van der Waals surface area contributed by atoms with Gasteiger partial charge < -0.3 is 14.7 Å². The molecule has 1 N–H and O–H groups in total. The van der Waals surface area contributed by atoms with Crippen molar-refractivity contribution in [2.24, 2.45) is 0 Å². The first-order valence-electron chi connectivity index (χ1n) is 5.81. The molecule has 112 valence electrons. The number of nitrogens with zero attached hydrogens (tertiary/aromatic N) is 1. The van der Waals surface area contributed by atoms with Crippen LogP contribution in [0.3, 0.4) is 0 Å². The molecule has 20 heavy (non-hydrogen) atoms. The van der Waals surface area contributed by atoms with E-state index < -0.39 is 15.0 Å². The van der Waals surface area contributed by atoms with Gasteiger partial charge in [-0.2, -0.15) is 0 Å². The van der Waals surface area contributed by atoms with Crippen LogP contribution in [-0.2, 0) is 9.05 Å². The molecule has 0 radical (unpaired) electrons. The molecule has 0 aliphatic rings. The number of carboxylic acids is 1. The largest absolute Gasteiger partial charge is 0.493 e. The molecule has 0 amide bonds. The van der Waals surface area contributed by atoms with Gasteiger partial charge in [0.1, 0.15) is 11.3 Å².